The van der Waals surface area contributed by atoms with Crippen LogP contribution in [0.1, 0.15) is 71.1 Å². The number of ether oxygens (including phenoxy) is 2. The largest absolute Gasteiger partial charge is 0.573 e. The number of allylic oxidation sites excluding steroid dienone is 2. The maximum atomic E-state index is 14.5. The van der Waals surface area contributed by atoms with E-state index < -0.39 is 111 Å². The Balaban J connectivity index is 1.26. The summed E-state index contributed by atoms with van der Waals surface area (Å²) in [5.74, 6) is -6.92. The molecule has 0 unspecified atom stereocenters. The molecule has 2 aliphatic heterocycles. The molecule has 1 aromatic heterocycles. The zero-order valence-corrected chi connectivity index (χ0v) is 33.3. The second kappa shape index (κ2) is 16.0. The molecule has 0 bridgehead atoms. The number of aliphatic hydroxyl groups excluding tert-OH is 1. The molecule has 0 radical (unpaired) electrons. The molecule has 2 aliphatic carbocycles. The van der Waals surface area contributed by atoms with Crippen LogP contribution in [-0.4, -0.2) is 95.0 Å². The molecule has 3 heterocycles. The van der Waals surface area contributed by atoms with Gasteiger partial charge in [-0.2, -0.15) is 13.2 Å². The summed E-state index contributed by atoms with van der Waals surface area (Å²) in [5.41, 5.74) is -1.53. The predicted molar refractivity (Wildman–Crippen MR) is 202 cm³/mol. The van der Waals surface area contributed by atoms with Gasteiger partial charge in [0.1, 0.15) is 23.7 Å². The van der Waals surface area contributed by atoms with Gasteiger partial charge in [0.25, 0.3) is 5.91 Å². The van der Waals surface area contributed by atoms with Crippen LogP contribution >= 0.6 is 0 Å². The molecule has 13 nitrogen and oxygen atoms in total. The van der Waals surface area contributed by atoms with Gasteiger partial charge in [0.2, 0.25) is 33.8 Å². The van der Waals surface area contributed by atoms with Crippen LogP contribution in [0.5, 0.6) is 11.6 Å². The first-order valence-electron chi connectivity index (χ1n) is 19.6. The minimum absolute atomic E-state index is 0.0220. The van der Waals surface area contributed by atoms with Crippen molar-refractivity contribution in [3.63, 3.8) is 0 Å². The van der Waals surface area contributed by atoms with Crippen LogP contribution in [0, 0.1) is 17.2 Å². The Kier molecular flexibility index (Phi) is 11.6. The van der Waals surface area contributed by atoms with E-state index in [1.165, 1.54) is 19.1 Å². The van der Waals surface area contributed by atoms with Gasteiger partial charge in [-0.1, -0.05) is 25.0 Å². The smallest absolute Gasteiger partial charge is 0.472 e. The molecule has 3 fully saturated rings. The van der Waals surface area contributed by atoms with Crippen molar-refractivity contribution < 1.29 is 72.9 Å². The van der Waals surface area contributed by atoms with E-state index in [0.717, 1.165) is 29.2 Å². The Bertz CT molecular complexity index is 2410. The highest BCUT2D eigenvalue weighted by atomic mass is 32.2. The number of ketones is 1. The van der Waals surface area contributed by atoms with Crippen molar-refractivity contribution >= 4 is 55.2 Å². The van der Waals surface area contributed by atoms with E-state index in [-0.39, 0.29) is 47.9 Å². The summed E-state index contributed by atoms with van der Waals surface area (Å²) < 4.78 is 132. The number of amides is 3. The standard InChI is InChI=1S/C40H41F7N4O9S/c1-37(13-14-37)61(57,58)50-36(56)38-18-21(38)7-5-3-2-4-6-8-28(48-33(54)32(53)39(42,43)44)35(55)51-20-24(17-30(51)31(52)19-38)59-34-27-16-23(60-40(45,46)47)10-12-25(27)26-11-9-22(41)15-29(26)49-34/h5,7,9-12,15-16,21,24,28,30,32,53H,2-4,6,8,13-14,17-20H2,1H3,(H,48,54)(H,50,56)/b7-5-/t21-,24-,28+,30+,32+,38-/m1/s1. The number of sulfonamides is 1. The first-order chi connectivity index (χ1) is 28.5. The van der Waals surface area contributed by atoms with Crippen molar-refractivity contribution in [3.8, 4) is 11.6 Å². The van der Waals surface area contributed by atoms with Crippen LogP contribution in [0.25, 0.3) is 21.7 Å². The molecule has 4 aliphatic rings. The quantitative estimate of drug-likeness (QED) is 0.145. The first kappa shape index (κ1) is 44.0. The fourth-order valence-electron chi connectivity index (χ4n) is 8.06. The Labute approximate surface area is 344 Å². The molecule has 3 N–H and O–H groups in total. The lowest BCUT2D eigenvalue weighted by atomic mass is 9.91. The number of nitrogens with zero attached hydrogens (tertiary/aromatic N) is 2. The normalized spacial score (nSPS) is 26.9. The number of alkyl halides is 6. The highest BCUT2D eigenvalue weighted by Crippen LogP contribution is 2.57. The number of carbonyl (C=O) groups excluding carboxylic acids is 4. The minimum Gasteiger partial charge on any atom is -0.472 e. The summed E-state index contributed by atoms with van der Waals surface area (Å²) in [5, 5.41) is 12.2. The van der Waals surface area contributed by atoms with Crippen LogP contribution in [0.4, 0.5) is 30.7 Å². The third-order valence-electron chi connectivity index (χ3n) is 11.9. The number of hydrogen-bond donors (Lipinski definition) is 3. The monoisotopic (exact) mass is 886 g/mol. The van der Waals surface area contributed by atoms with E-state index in [1.807, 2.05) is 5.32 Å². The number of benzene rings is 2. The van der Waals surface area contributed by atoms with Crippen LogP contribution < -0.4 is 19.5 Å². The molecule has 330 valence electrons. The van der Waals surface area contributed by atoms with Gasteiger partial charge in [-0.15, -0.1) is 13.2 Å². The van der Waals surface area contributed by atoms with E-state index in [0.29, 0.717) is 37.5 Å². The van der Waals surface area contributed by atoms with Crippen LogP contribution in [0.2, 0.25) is 0 Å². The second-order valence-corrected chi connectivity index (χ2v) is 18.6. The van der Waals surface area contributed by atoms with Gasteiger partial charge in [-0.25, -0.2) is 17.8 Å². The highest BCUT2D eigenvalue weighted by molar-refractivity contribution is 7.91. The number of fused-ring (bicyclic) bond motifs is 5. The molecule has 2 saturated carbocycles. The van der Waals surface area contributed by atoms with Crippen molar-refractivity contribution in [2.24, 2.45) is 11.3 Å². The van der Waals surface area contributed by atoms with E-state index >= 15 is 0 Å². The van der Waals surface area contributed by atoms with Crippen molar-refractivity contribution in [1.29, 1.82) is 0 Å². The number of hydrogen-bond acceptors (Lipinski definition) is 10. The number of pyridine rings is 1. The van der Waals surface area contributed by atoms with Crippen molar-refractivity contribution in [1.82, 2.24) is 19.9 Å². The number of aliphatic hydroxyl groups is 1. The topological polar surface area (TPSA) is 181 Å². The average Bonchev–Trinajstić information content (AvgIpc) is 4.05. The van der Waals surface area contributed by atoms with Crippen molar-refractivity contribution in [2.75, 3.05) is 6.54 Å². The van der Waals surface area contributed by atoms with Gasteiger partial charge in [0.05, 0.1) is 28.3 Å². The molecule has 61 heavy (non-hydrogen) atoms. The Morgan fingerprint density at radius 2 is 1.72 bits per heavy atom. The van der Waals surface area contributed by atoms with Gasteiger partial charge in [-0.05, 0) is 87.1 Å². The van der Waals surface area contributed by atoms with Gasteiger partial charge >= 0.3 is 12.5 Å². The lowest BCUT2D eigenvalue weighted by Crippen LogP contribution is -2.55. The summed E-state index contributed by atoms with van der Waals surface area (Å²) in [7, 11) is -4.15. The first-order valence-corrected chi connectivity index (χ1v) is 21.1. The molecule has 3 aromatic rings. The van der Waals surface area contributed by atoms with Crippen LogP contribution in [0.15, 0.2) is 48.6 Å². The average molecular weight is 887 g/mol. The molecule has 7 rings (SSSR count). The lowest BCUT2D eigenvalue weighted by molar-refractivity contribution is -0.274. The summed E-state index contributed by atoms with van der Waals surface area (Å²) >= 11 is 0. The molecular weight excluding hydrogens is 846 g/mol. The Hall–Kier alpha value is -5.05. The van der Waals surface area contributed by atoms with E-state index in [4.69, 9.17) is 4.74 Å². The maximum absolute atomic E-state index is 14.5. The predicted octanol–water partition coefficient (Wildman–Crippen LogP) is 5.67. The zero-order chi connectivity index (χ0) is 44.3. The number of nitrogens with one attached hydrogen (secondary N) is 2. The van der Waals surface area contributed by atoms with E-state index in [2.05, 4.69) is 14.4 Å². The van der Waals surface area contributed by atoms with Crippen LogP contribution in [0.3, 0.4) is 0 Å². The Morgan fingerprint density at radius 1 is 1.00 bits per heavy atom. The summed E-state index contributed by atoms with van der Waals surface area (Å²) in [6.07, 6.45) is -10.5. The fourth-order valence-corrected chi connectivity index (χ4v) is 9.40. The molecule has 2 aromatic carbocycles. The number of halogens is 7. The van der Waals surface area contributed by atoms with Crippen molar-refractivity contribution in [3.05, 3.63) is 54.4 Å². The van der Waals surface area contributed by atoms with Gasteiger partial charge in [-0.3, -0.25) is 23.9 Å². The maximum Gasteiger partial charge on any atom is 0.573 e. The number of carbonyl (C=O) groups is 4. The Morgan fingerprint density at radius 3 is 2.41 bits per heavy atom. The molecule has 1 saturated heterocycles. The SMILES string of the molecule is CC1(S(=O)(=O)NC(=O)[C@]23CC(=O)[C@@H]4C[C@@H](Oc5nc6cc(F)ccc6c6ccc(OC(F)(F)F)cc56)CN4C(=O)[C@@H](NC(=O)[C@H](O)C(F)(F)F)CCCCC/C=C\[C@@H]2C3)CC1. The molecular formula is C40H41F7N4O9S. The van der Waals surface area contributed by atoms with Gasteiger partial charge in [0, 0.05) is 29.7 Å². The van der Waals surface area contributed by atoms with Gasteiger partial charge < -0.3 is 24.8 Å². The summed E-state index contributed by atoms with van der Waals surface area (Å²) in [6.45, 7) is 0.979. The highest BCUT2D eigenvalue weighted by Gasteiger charge is 2.63. The molecule has 0 spiro atoms. The lowest BCUT2D eigenvalue weighted by Gasteiger charge is -2.30. The number of aromatic nitrogens is 1. The second-order valence-electron chi connectivity index (χ2n) is 16.4. The number of rotatable bonds is 8. The van der Waals surface area contributed by atoms with Crippen LogP contribution in [-0.2, 0) is 29.2 Å². The third kappa shape index (κ3) is 9.27. The zero-order valence-electron chi connectivity index (χ0n) is 32.4. The van der Waals surface area contributed by atoms with Crippen molar-refractivity contribution in [2.45, 2.75) is 113 Å². The third-order valence-corrected chi connectivity index (χ3v) is 14.1. The summed E-state index contributed by atoms with van der Waals surface area (Å²) in [4.78, 5) is 60.8. The minimum atomic E-state index is -5.38. The number of Topliss-reactive ketones (excluding diaryl/α,β-unsaturated/α-hetero) is 1. The molecule has 3 amide bonds. The summed E-state index contributed by atoms with van der Waals surface area (Å²) in [6, 6.07) is 3.61. The molecule has 21 heteroatoms. The fraction of sp³-hybridized carbons (Fsp3) is 0.525. The van der Waals surface area contributed by atoms with E-state index in [9.17, 15) is 63.4 Å². The van der Waals surface area contributed by atoms with E-state index in [1.54, 1.807) is 12.2 Å². The van der Waals surface area contributed by atoms with Gasteiger partial charge in [0.15, 0.2) is 5.78 Å². The molecule has 6 atom stereocenters.